The van der Waals surface area contributed by atoms with Gasteiger partial charge in [0, 0.05) is 13.1 Å². The number of sulfone groups is 1. The molecule has 0 unspecified atom stereocenters. The van der Waals surface area contributed by atoms with Gasteiger partial charge < -0.3 is 14.0 Å². The maximum absolute atomic E-state index is 12.9. The molecule has 160 valence electrons. The van der Waals surface area contributed by atoms with Crippen molar-refractivity contribution in [3.05, 3.63) is 47.8 Å². The lowest BCUT2D eigenvalue weighted by Crippen LogP contribution is -2.38. The third kappa shape index (κ3) is 6.12. The first-order valence-corrected chi connectivity index (χ1v) is 11.7. The number of hydrogen-bond donors (Lipinski definition) is 0. The van der Waals surface area contributed by atoms with E-state index in [9.17, 15) is 8.42 Å². The molecule has 0 saturated carbocycles. The highest BCUT2D eigenvalue weighted by Gasteiger charge is 2.25. The molecule has 0 spiro atoms. The second-order valence-corrected chi connectivity index (χ2v) is 9.97. The zero-order chi connectivity index (χ0) is 20.9. The molecule has 0 aliphatic carbocycles. The van der Waals surface area contributed by atoms with Gasteiger partial charge in [-0.15, -0.1) is 0 Å². The number of aromatic nitrogens is 2. The van der Waals surface area contributed by atoms with Crippen molar-refractivity contribution in [1.29, 1.82) is 0 Å². The highest BCUT2D eigenvalue weighted by molar-refractivity contribution is 7.91. The van der Waals surface area contributed by atoms with Crippen LogP contribution in [0.25, 0.3) is 0 Å². The van der Waals surface area contributed by atoms with E-state index in [1.54, 1.807) is 6.20 Å². The van der Waals surface area contributed by atoms with Crippen LogP contribution in [-0.4, -0.2) is 68.1 Å². The van der Waals surface area contributed by atoms with Crippen LogP contribution in [0.4, 0.5) is 0 Å². The molecule has 0 N–H and O–H groups in total. The first-order chi connectivity index (χ1) is 13.8. The van der Waals surface area contributed by atoms with Gasteiger partial charge in [-0.25, -0.2) is 13.4 Å². The number of imidazole rings is 1. The Hall–Kier alpha value is -1.74. The number of benzene rings is 1. The van der Waals surface area contributed by atoms with Crippen molar-refractivity contribution in [2.24, 2.45) is 5.92 Å². The summed E-state index contributed by atoms with van der Waals surface area (Å²) in [4.78, 5) is 6.45. The Bertz CT molecular complexity index is 875. The van der Waals surface area contributed by atoms with Gasteiger partial charge in [-0.1, -0.05) is 44.2 Å². The second-order valence-electron chi connectivity index (χ2n) is 8.04. The van der Waals surface area contributed by atoms with Crippen LogP contribution < -0.4 is 0 Å². The Balaban J connectivity index is 1.83. The van der Waals surface area contributed by atoms with E-state index in [0.717, 1.165) is 11.3 Å². The van der Waals surface area contributed by atoms with Gasteiger partial charge in [0.1, 0.15) is 0 Å². The predicted molar refractivity (Wildman–Crippen MR) is 112 cm³/mol. The van der Waals surface area contributed by atoms with E-state index in [2.05, 4.69) is 9.88 Å². The summed E-state index contributed by atoms with van der Waals surface area (Å²) in [7, 11) is -1.46. The lowest BCUT2D eigenvalue weighted by atomic mass is 10.2. The summed E-state index contributed by atoms with van der Waals surface area (Å²) in [5, 5.41) is 0.149. The van der Waals surface area contributed by atoms with Gasteiger partial charge in [0.05, 0.1) is 50.1 Å². The lowest BCUT2D eigenvalue weighted by Gasteiger charge is -2.27. The largest absolute Gasteiger partial charge is 0.376 e. The van der Waals surface area contributed by atoms with E-state index in [0.29, 0.717) is 39.5 Å². The summed E-state index contributed by atoms with van der Waals surface area (Å²) in [6.45, 7) is 7.41. The van der Waals surface area contributed by atoms with E-state index in [4.69, 9.17) is 9.47 Å². The molecule has 1 aliphatic heterocycles. The van der Waals surface area contributed by atoms with Crippen LogP contribution in [0.1, 0.15) is 25.1 Å². The molecule has 7 nitrogen and oxygen atoms in total. The first kappa shape index (κ1) is 22.0. The molecular weight excluding hydrogens is 390 g/mol. The minimum absolute atomic E-state index is 0.0309. The Labute approximate surface area is 173 Å². The Morgan fingerprint density at radius 2 is 2.00 bits per heavy atom. The molecule has 0 bridgehead atoms. The van der Waals surface area contributed by atoms with Gasteiger partial charge in [-0.2, -0.15) is 0 Å². The summed E-state index contributed by atoms with van der Waals surface area (Å²) in [5.41, 5.74) is 1.91. The number of nitrogens with zero attached hydrogens (tertiary/aromatic N) is 3. The van der Waals surface area contributed by atoms with Gasteiger partial charge in [-0.3, -0.25) is 4.90 Å². The SMILES string of the molecule is CC(C)CS(=O)(=O)c1ncc(CN(C)C[C@@H]2COCCO2)n1Cc1ccccc1. The standard InChI is InChI=1S/C21H31N3O4S/c1-17(2)16-29(25,26)21-22-11-19(24(21)12-18-7-5-4-6-8-18)13-23(3)14-20-15-27-9-10-28-20/h4-8,11,17,20H,9-10,12-16H2,1-3H3/t20-/m1/s1. The topological polar surface area (TPSA) is 73.7 Å². The highest BCUT2D eigenvalue weighted by atomic mass is 32.2. The molecule has 2 aromatic rings. The minimum atomic E-state index is -3.46. The molecule has 3 rings (SSSR count). The van der Waals surface area contributed by atoms with Crippen LogP contribution in [0, 0.1) is 5.92 Å². The number of rotatable bonds is 9. The van der Waals surface area contributed by atoms with Gasteiger partial charge in [0.15, 0.2) is 0 Å². The fraction of sp³-hybridized carbons (Fsp3) is 0.571. The summed E-state index contributed by atoms with van der Waals surface area (Å²) < 4.78 is 38.9. The molecule has 0 amide bonds. The van der Waals surface area contributed by atoms with Crippen LogP contribution in [0.3, 0.4) is 0 Å². The van der Waals surface area contributed by atoms with Crippen molar-refractivity contribution in [2.45, 2.75) is 38.2 Å². The van der Waals surface area contributed by atoms with Gasteiger partial charge in [0.2, 0.25) is 15.0 Å². The van der Waals surface area contributed by atoms with Crippen LogP contribution in [0.5, 0.6) is 0 Å². The predicted octanol–water partition coefficient (Wildman–Crippen LogP) is 2.21. The lowest BCUT2D eigenvalue weighted by molar-refractivity contribution is -0.0963. The monoisotopic (exact) mass is 421 g/mol. The number of hydrogen-bond acceptors (Lipinski definition) is 6. The normalized spacial score (nSPS) is 17.9. The van der Waals surface area contributed by atoms with Crippen molar-refractivity contribution in [3.63, 3.8) is 0 Å². The average Bonchev–Trinajstić information content (AvgIpc) is 3.05. The van der Waals surface area contributed by atoms with Crippen LogP contribution in [0.15, 0.2) is 41.7 Å². The van der Waals surface area contributed by atoms with Crippen LogP contribution in [0.2, 0.25) is 0 Å². The summed E-state index contributed by atoms with van der Waals surface area (Å²) in [6.07, 6.45) is 1.72. The zero-order valence-corrected chi connectivity index (χ0v) is 18.3. The highest BCUT2D eigenvalue weighted by Crippen LogP contribution is 2.19. The van der Waals surface area contributed by atoms with Crippen molar-refractivity contribution >= 4 is 9.84 Å². The summed E-state index contributed by atoms with van der Waals surface area (Å²) in [5.74, 6) is 0.123. The van der Waals surface area contributed by atoms with Gasteiger partial charge in [0.25, 0.3) is 0 Å². The number of likely N-dealkylation sites (N-methyl/N-ethyl adjacent to an activating group) is 1. The van der Waals surface area contributed by atoms with Gasteiger partial charge >= 0.3 is 0 Å². The van der Waals surface area contributed by atoms with Crippen LogP contribution >= 0.6 is 0 Å². The Morgan fingerprint density at radius 3 is 2.66 bits per heavy atom. The molecular formula is C21H31N3O4S. The maximum atomic E-state index is 12.9. The zero-order valence-electron chi connectivity index (χ0n) is 17.5. The molecule has 1 atom stereocenters. The van der Waals surface area contributed by atoms with E-state index in [-0.39, 0.29) is 22.9 Å². The molecule has 1 aromatic carbocycles. The average molecular weight is 422 g/mol. The Kier molecular flexibility index (Phi) is 7.45. The van der Waals surface area contributed by atoms with E-state index in [1.807, 2.05) is 55.8 Å². The molecule has 1 saturated heterocycles. The second kappa shape index (κ2) is 9.84. The Morgan fingerprint density at radius 1 is 1.24 bits per heavy atom. The number of ether oxygens (including phenoxy) is 2. The van der Waals surface area contributed by atoms with E-state index in [1.165, 1.54) is 0 Å². The van der Waals surface area contributed by atoms with E-state index < -0.39 is 9.84 Å². The molecule has 2 heterocycles. The third-order valence-electron chi connectivity index (χ3n) is 4.75. The quantitative estimate of drug-likeness (QED) is 0.618. The summed E-state index contributed by atoms with van der Waals surface area (Å²) in [6, 6.07) is 9.87. The molecule has 1 aliphatic rings. The molecule has 1 fully saturated rings. The smallest absolute Gasteiger partial charge is 0.228 e. The molecule has 8 heteroatoms. The maximum Gasteiger partial charge on any atom is 0.228 e. The summed E-state index contributed by atoms with van der Waals surface area (Å²) >= 11 is 0. The van der Waals surface area contributed by atoms with Gasteiger partial charge in [-0.05, 0) is 18.5 Å². The van der Waals surface area contributed by atoms with Crippen molar-refractivity contribution in [3.8, 4) is 0 Å². The molecule has 29 heavy (non-hydrogen) atoms. The van der Waals surface area contributed by atoms with Crippen molar-refractivity contribution in [1.82, 2.24) is 14.5 Å². The minimum Gasteiger partial charge on any atom is -0.376 e. The molecule has 0 radical (unpaired) electrons. The van der Waals surface area contributed by atoms with E-state index >= 15 is 0 Å². The molecule has 1 aromatic heterocycles. The fourth-order valence-electron chi connectivity index (χ4n) is 3.55. The van der Waals surface area contributed by atoms with Crippen molar-refractivity contribution < 1.29 is 17.9 Å². The van der Waals surface area contributed by atoms with Crippen molar-refractivity contribution in [2.75, 3.05) is 39.2 Å². The first-order valence-electron chi connectivity index (χ1n) is 10.0. The van der Waals surface area contributed by atoms with Crippen LogP contribution in [-0.2, 0) is 32.4 Å². The fourth-order valence-corrected chi connectivity index (χ4v) is 5.30. The third-order valence-corrected chi connectivity index (χ3v) is 6.74.